The fraction of sp³-hybridized carbons (Fsp3) is 0. The summed E-state index contributed by atoms with van der Waals surface area (Å²) in [7, 11) is 0. The number of pyridine rings is 1. The van der Waals surface area contributed by atoms with Crippen molar-refractivity contribution in [1.82, 2.24) is 4.98 Å². The zero-order chi connectivity index (χ0) is 9.97. The number of aromatic nitrogens is 1. The summed E-state index contributed by atoms with van der Waals surface area (Å²) in [4.78, 5) is 14.9. The van der Waals surface area contributed by atoms with Crippen LogP contribution in [-0.2, 0) is 0 Å². The minimum Gasteiger partial charge on any atom is -0.366 e. The molecule has 70 valence electrons. The maximum atomic E-state index is 10.8. The van der Waals surface area contributed by atoms with Gasteiger partial charge in [0.05, 0.1) is 11.3 Å². The van der Waals surface area contributed by atoms with Gasteiger partial charge in [-0.2, -0.15) is 11.3 Å². The molecule has 0 spiro atoms. The van der Waals surface area contributed by atoms with E-state index in [9.17, 15) is 4.79 Å². The van der Waals surface area contributed by atoms with Gasteiger partial charge >= 0.3 is 0 Å². The van der Waals surface area contributed by atoms with Crippen LogP contribution in [0.15, 0.2) is 35.2 Å². The van der Waals surface area contributed by atoms with Crippen LogP contribution in [0.1, 0.15) is 10.4 Å². The summed E-state index contributed by atoms with van der Waals surface area (Å²) in [6.45, 7) is 0. The molecular formula is C10H8N2OS. The first-order valence-electron chi connectivity index (χ1n) is 4.06. The van der Waals surface area contributed by atoms with Crippen molar-refractivity contribution in [3.63, 3.8) is 0 Å². The van der Waals surface area contributed by atoms with E-state index in [2.05, 4.69) is 4.98 Å². The van der Waals surface area contributed by atoms with Crippen LogP contribution in [0.5, 0.6) is 0 Å². The van der Waals surface area contributed by atoms with Crippen LogP contribution in [-0.4, -0.2) is 10.9 Å². The van der Waals surface area contributed by atoms with Gasteiger partial charge in [0, 0.05) is 17.1 Å². The minimum atomic E-state index is -0.450. The third-order valence-electron chi connectivity index (χ3n) is 1.86. The number of rotatable bonds is 2. The molecule has 0 fully saturated rings. The van der Waals surface area contributed by atoms with Gasteiger partial charge < -0.3 is 5.73 Å². The number of primary amides is 1. The lowest BCUT2D eigenvalue weighted by atomic mass is 10.2. The van der Waals surface area contributed by atoms with Crippen molar-refractivity contribution < 1.29 is 4.79 Å². The molecule has 0 aliphatic heterocycles. The Balaban J connectivity index is 2.36. The van der Waals surface area contributed by atoms with Gasteiger partial charge in [-0.15, -0.1) is 0 Å². The van der Waals surface area contributed by atoms with Gasteiger partial charge in [0.1, 0.15) is 0 Å². The Kier molecular flexibility index (Phi) is 2.28. The molecule has 2 heterocycles. The molecule has 0 unspecified atom stereocenters. The summed E-state index contributed by atoms with van der Waals surface area (Å²) >= 11 is 1.61. The Morgan fingerprint density at radius 2 is 2.21 bits per heavy atom. The highest BCUT2D eigenvalue weighted by molar-refractivity contribution is 7.08. The first-order valence-corrected chi connectivity index (χ1v) is 5.00. The molecule has 3 nitrogen and oxygen atoms in total. The molecule has 1 amide bonds. The Morgan fingerprint density at radius 3 is 2.71 bits per heavy atom. The van der Waals surface area contributed by atoms with Crippen molar-refractivity contribution in [2.45, 2.75) is 0 Å². The molecule has 0 aliphatic carbocycles. The van der Waals surface area contributed by atoms with Crippen molar-refractivity contribution in [1.29, 1.82) is 0 Å². The molecule has 2 aromatic heterocycles. The molecule has 0 aliphatic rings. The quantitative estimate of drug-likeness (QED) is 0.812. The highest BCUT2D eigenvalue weighted by Crippen LogP contribution is 2.19. The summed E-state index contributed by atoms with van der Waals surface area (Å²) in [6.07, 6.45) is 1.50. The van der Waals surface area contributed by atoms with Gasteiger partial charge in [-0.3, -0.25) is 9.78 Å². The van der Waals surface area contributed by atoms with E-state index in [1.165, 1.54) is 6.20 Å². The molecule has 0 radical (unpaired) electrons. The molecule has 0 saturated carbocycles. The Labute approximate surface area is 85.2 Å². The van der Waals surface area contributed by atoms with Gasteiger partial charge in [0.2, 0.25) is 5.91 Å². The predicted molar refractivity (Wildman–Crippen MR) is 56.1 cm³/mol. The lowest BCUT2D eigenvalue weighted by molar-refractivity contribution is 0.1000. The molecule has 0 saturated heterocycles. The van der Waals surface area contributed by atoms with Crippen molar-refractivity contribution >= 4 is 17.2 Å². The number of carbonyl (C=O) groups is 1. The van der Waals surface area contributed by atoms with Crippen molar-refractivity contribution in [3.8, 4) is 11.3 Å². The molecule has 14 heavy (non-hydrogen) atoms. The third kappa shape index (κ3) is 1.65. The lowest BCUT2D eigenvalue weighted by Crippen LogP contribution is -2.10. The molecule has 0 aromatic carbocycles. The average molecular weight is 204 g/mol. The van der Waals surface area contributed by atoms with Crippen LogP contribution >= 0.6 is 11.3 Å². The summed E-state index contributed by atoms with van der Waals surface area (Å²) in [5.41, 5.74) is 7.46. The van der Waals surface area contributed by atoms with Crippen LogP contribution in [0.2, 0.25) is 0 Å². The number of hydrogen-bond acceptors (Lipinski definition) is 3. The first-order chi connectivity index (χ1) is 6.77. The van der Waals surface area contributed by atoms with Gasteiger partial charge in [-0.05, 0) is 23.6 Å². The summed E-state index contributed by atoms with van der Waals surface area (Å²) in [6, 6.07) is 5.46. The number of nitrogens with two attached hydrogens (primary N) is 1. The predicted octanol–water partition coefficient (Wildman–Crippen LogP) is 1.91. The van der Waals surface area contributed by atoms with E-state index in [1.807, 2.05) is 16.8 Å². The Morgan fingerprint density at radius 1 is 1.36 bits per heavy atom. The molecule has 2 N–H and O–H groups in total. The number of hydrogen-bond donors (Lipinski definition) is 1. The van der Waals surface area contributed by atoms with Gasteiger partial charge in [-0.1, -0.05) is 0 Å². The second-order valence-electron chi connectivity index (χ2n) is 2.81. The number of thiophene rings is 1. The van der Waals surface area contributed by atoms with E-state index in [0.717, 1.165) is 11.3 Å². The largest absolute Gasteiger partial charge is 0.366 e. The standard InChI is InChI=1S/C10H8N2OS/c11-10(13)7-1-2-9(12-5-7)8-3-4-14-6-8/h1-6H,(H2,11,13). The second kappa shape index (κ2) is 3.59. The summed E-state index contributed by atoms with van der Waals surface area (Å²) in [5, 5.41) is 3.99. The Hall–Kier alpha value is -1.68. The minimum absolute atomic E-state index is 0.434. The SMILES string of the molecule is NC(=O)c1ccc(-c2ccsc2)nc1. The zero-order valence-electron chi connectivity index (χ0n) is 7.31. The fourth-order valence-corrected chi connectivity index (χ4v) is 1.77. The summed E-state index contributed by atoms with van der Waals surface area (Å²) in [5.74, 6) is -0.450. The van der Waals surface area contributed by atoms with E-state index < -0.39 is 5.91 Å². The molecule has 2 rings (SSSR count). The van der Waals surface area contributed by atoms with Crippen LogP contribution in [0, 0.1) is 0 Å². The van der Waals surface area contributed by atoms with E-state index in [4.69, 9.17) is 5.73 Å². The third-order valence-corrected chi connectivity index (χ3v) is 2.55. The lowest BCUT2D eigenvalue weighted by Gasteiger charge is -1.97. The van der Waals surface area contributed by atoms with Crippen LogP contribution in [0.3, 0.4) is 0 Å². The fourth-order valence-electron chi connectivity index (χ4n) is 1.12. The number of carbonyl (C=O) groups excluding carboxylic acids is 1. The van der Waals surface area contributed by atoms with Crippen LogP contribution in [0.4, 0.5) is 0 Å². The highest BCUT2D eigenvalue weighted by Gasteiger charge is 2.02. The van der Waals surface area contributed by atoms with Crippen molar-refractivity contribution in [3.05, 3.63) is 40.7 Å². The van der Waals surface area contributed by atoms with E-state index in [1.54, 1.807) is 23.5 Å². The van der Waals surface area contributed by atoms with Gasteiger partial charge in [0.25, 0.3) is 0 Å². The van der Waals surface area contributed by atoms with E-state index in [-0.39, 0.29) is 0 Å². The maximum Gasteiger partial charge on any atom is 0.250 e. The maximum absolute atomic E-state index is 10.8. The van der Waals surface area contributed by atoms with Crippen LogP contribution < -0.4 is 5.73 Å². The number of nitrogens with zero attached hydrogens (tertiary/aromatic N) is 1. The molecule has 0 bridgehead atoms. The summed E-state index contributed by atoms with van der Waals surface area (Å²) < 4.78 is 0. The van der Waals surface area contributed by atoms with Gasteiger partial charge in [0.15, 0.2) is 0 Å². The monoisotopic (exact) mass is 204 g/mol. The number of amides is 1. The normalized spacial score (nSPS) is 10.0. The molecule has 0 atom stereocenters. The van der Waals surface area contributed by atoms with E-state index in [0.29, 0.717) is 5.56 Å². The van der Waals surface area contributed by atoms with E-state index >= 15 is 0 Å². The van der Waals surface area contributed by atoms with Crippen molar-refractivity contribution in [2.75, 3.05) is 0 Å². The van der Waals surface area contributed by atoms with Crippen LogP contribution in [0.25, 0.3) is 11.3 Å². The topological polar surface area (TPSA) is 56.0 Å². The van der Waals surface area contributed by atoms with Gasteiger partial charge in [-0.25, -0.2) is 0 Å². The first kappa shape index (κ1) is 8.90. The molecular weight excluding hydrogens is 196 g/mol. The smallest absolute Gasteiger partial charge is 0.250 e. The zero-order valence-corrected chi connectivity index (χ0v) is 8.12. The second-order valence-corrected chi connectivity index (χ2v) is 3.59. The Bertz CT molecular complexity index is 434. The average Bonchev–Trinajstić information content (AvgIpc) is 2.71. The highest BCUT2D eigenvalue weighted by atomic mass is 32.1. The molecule has 2 aromatic rings. The molecule has 4 heteroatoms. The van der Waals surface area contributed by atoms with Crippen molar-refractivity contribution in [2.24, 2.45) is 5.73 Å².